The van der Waals surface area contributed by atoms with Gasteiger partial charge in [-0.15, -0.1) is 11.8 Å². The Balaban J connectivity index is 1.82. The normalized spacial score (nSPS) is 16.6. The highest BCUT2D eigenvalue weighted by molar-refractivity contribution is 9.10. The second-order valence-electron chi connectivity index (χ2n) is 5.05. The van der Waals surface area contributed by atoms with E-state index in [2.05, 4.69) is 46.4 Å². The Morgan fingerprint density at radius 2 is 2.14 bits per heavy atom. The molecule has 0 aromatic heterocycles. The molecule has 1 amide bonds. The Labute approximate surface area is 137 Å². The van der Waals surface area contributed by atoms with E-state index in [1.54, 1.807) is 11.8 Å². The maximum atomic E-state index is 12.6. The van der Waals surface area contributed by atoms with Crippen LogP contribution >= 0.6 is 27.7 Å². The molecule has 2 aromatic carbocycles. The summed E-state index contributed by atoms with van der Waals surface area (Å²) in [4.78, 5) is 13.8. The largest absolute Gasteiger partial charge is 0.325 e. The Morgan fingerprint density at radius 3 is 2.95 bits per heavy atom. The molecule has 2 aromatic rings. The first kappa shape index (κ1) is 14.7. The highest BCUT2D eigenvalue weighted by atomic mass is 79.9. The lowest BCUT2D eigenvalue weighted by molar-refractivity contribution is -0.117. The van der Waals surface area contributed by atoms with Gasteiger partial charge in [0.2, 0.25) is 5.91 Å². The molecule has 0 spiro atoms. The van der Waals surface area contributed by atoms with Crippen LogP contribution in [0.15, 0.2) is 51.8 Å². The van der Waals surface area contributed by atoms with Gasteiger partial charge < -0.3 is 5.32 Å². The molecule has 1 unspecified atom stereocenters. The molecule has 1 aliphatic rings. The van der Waals surface area contributed by atoms with Gasteiger partial charge in [0.1, 0.15) is 0 Å². The zero-order chi connectivity index (χ0) is 14.8. The molecule has 0 radical (unpaired) electrons. The van der Waals surface area contributed by atoms with E-state index >= 15 is 0 Å². The van der Waals surface area contributed by atoms with Crippen molar-refractivity contribution in [3.05, 3.63) is 58.1 Å². The molecule has 2 nitrogen and oxygen atoms in total. The molecule has 0 saturated carbocycles. The topological polar surface area (TPSA) is 29.1 Å². The molecule has 1 atom stereocenters. The molecule has 108 valence electrons. The second kappa shape index (κ2) is 6.24. The van der Waals surface area contributed by atoms with Crippen molar-refractivity contribution in [3.63, 3.8) is 0 Å². The molecule has 21 heavy (non-hydrogen) atoms. The van der Waals surface area contributed by atoms with Gasteiger partial charge in [-0.3, -0.25) is 4.79 Å². The number of halogens is 1. The van der Waals surface area contributed by atoms with Crippen LogP contribution in [0.2, 0.25) is 0 Å². The quantitative estimate of drug-likeness (QED) is 0.847. The lowest BCUT2D eigenvalue weighted by atomic mass is 10.00. The first-order valence-electron chi connectivity index (χ1n) is 7.00. The SMILES string of the molecule is CCc1cc(Br)ccc1NC(=O)C1CSc2ccccc21. The number of rotatable bonds is 3. The predicted octanol–water partition coefficient (Wildman–Crippen LogP) is 4.84. The van der Waals surface area contributed by atoms with E-state index in [1.165, 1.54) is 4.90 Å². The Morgan fingerprint density at radius 1 is 1.33 bits per heavy atom. The van der Waals surface area contributed by atoms with Gasteiger partial charge in [-0.2, -0.15) is 0 Å². The van der Waals surface area contributed by atoms with Gasteiger partial charge in [-0.05, 0) is 41.8 Å². The zero-order valence-electron chi connectivity index (χ0n) is 11.7. The van der Waals surface area contributed by atoms with E-state index in [0.29, 0.717) is 0 Å². The molecule has 1 aliphatic heterocycles. The zero-order valence-corrected chi connectivity index (χ0v) is 14.1. The van der Waals surface area contributed by atoms with Crippen LogP contribution in [0.3, 0.4) is 0 Å². The van der Waals surface area contributed by atoms with E-state index in [9.17, 15) is 4.79 Å². The molecular weight excluding hydrogens is 346 g/mol. The lowest BCUT2D eigenvalue weighted by Crippen LogP contribution is -2.21. The fraction of sp³-hybridized carbons (Fsp3) is 0.235. The summed E-state index contributed by atoms with van der Waals surface area (Å²) in [5.74, 6) is 0.854. The van der Waals surface area contributed by atoms with E-state index in [-0.39, 0.29) is 11.8 Å². The molecular formula is C17H16BrNOS. The fourth-order valence-electron chi connectivity index (χ4n) is 2.58. The van der Waals surface area contributed by atoms with Crippen molar-refractivity contribution >= 4 is 39.3 Å². The third kappa shape index (κ3) is 3.01. The lowest BCUT2D eigenvalue weighted by Gasteiger charge is -2.14. The number of benzene rings is 2. The summed E-state index contributed by atoms with van der Waals surface area (Å²) in [5, 5.41) is 3.10. The summed E-state index contributed by atoms with van der Waals surface area (Å²) < 4.78 is 1.04. The van der Waals surface area contributed by atoms with Gasteiger partial charge in [0.25, 0.3) is 0 Å². The Hall–Kier alpha value is -1.26. The summed E-state index contributed by atoms with van der Waals surface area (Å²) in [6, 6.07) is 14.2. The van der Waals surface area contributed by atoms with Gasteiger partial charge in [0.15, 0.2) is 0 Å². The number of carbonyl (C=O) groups excluding carboxylic acids is 1. The molecule has 1 heterocycles. The number of hydrogen-bond acceptors (Lipinski definition) is 2. The number of carbonyl (C=O) groups is 1. The molecule has 0 saturated heterocycles. The summed E-state index contributed by atoms with van der Waals surface area (Å²) >= 11 is 5.23. The van der Waals surface area contributed by atoms with Crippen LogP contribution in [0.25, 0.3) is 0 Å². The second-order valence-corrected chi connectivity index (χ2v) is 7.02. The number of amides is 1. The van der Waals surface area contributed by atoms with Crippen molar-refractivity contribution < 1.29 is 4.79 Å². The predicted molar refractivity (Wildman–Crippen MR) is 92.1 cm³/mol. The number of fused-ring (bicyclic) bond motifs is 1. The van der Waals surface area contributed by atoms with Crippen LogP contribution in [-0.2, 0) is 11.2 Å². The first-order chi connectivity index (χ1) is 10.2. The summed E-state index contributed by atoms with van der Waals surface area (Å²) in [5.41, 5.74) is 3.21. The number of hydrogen-bond donors (Lipinski definition) is 1. The number of thioether (sulfide) groups is 1. The van der Waals surface area contributed by atoms with E-state index in [0.717, 1.165) is 33.5 Å². The summed E-state index contributed by atoms with van der Waals surface area (Å²) in [6.45, 7) is 2.10. The molecule has 1 N–H and O–H groups in total. The Kier molecular flexibility index (Phi) is 4.36. The van der Waals surface area contributed by atoms with Gasteiger partial charge in [0.05, 0.1) is 5.92 Å². The van der Waals surface area contributed by atoms with Crippen molar-refractivity contribution in [2.24, 2.45) is 0 Å². The average molecular weight is 362 g/mol. The summed E-state index contributed by atoms with van der Waals surface area (Å²) in [7, 11) is 0. The third-order valence-corrected chi connectivity index (χ3v) is 5.40. The first-order valence-corrected chi connectivity index (χ1v) is 8.78. The molecule has 4 heteroatoms. The van der Waals surface area contributed by atoms with Gasteiger partial charge in [-0.25, -0.2) is 0 Å². The van der Waals surface area contributed by atoms with Crippen molar-refractivity contribution in [1.82, 2.24) is 0 Å². The maximum absolute atomic E-state index is 12.6. The van der Waals surface area contributed by atoms with E-state index in [4.69, 9.17) is 0 Å². The third-order valence-electron chi connectivity index (χ3n) is 3.72. The van der Waals surface area contributed by atoms with Crippen molar-refractivity contribution in [1.29, 1.82) is 0 Å². The number of anilines is 1. The van der Waals surface area contributed by atoms with Crippen molar-refractivity contribution in [3.8, 4) is 0 Å². The van der Waals surface area contributed by atoms with E-state index < -0.39 is 0 Å². The van der Waals surface area contributed by atoms with Crippen LogP contribution in [-0.4, -0.2) is 11.7 Å². The maximum Gasteiger partial charge on any atom is 0.232 e. The van der Waals surface area contributed by atoms with Crippen molar-refractivity contribution in [2.75, 3.05) is 11.1 Å². The molecule has 3 rings (SSSR count). The number of nitrogens with one attached hydrogen (secondary N) is 1. The van der Waals surface area contributed by atoms with Gasteiger partial charge in [0, 0.05) is 20.8 Å². The summed E-state index contributed by atoms with van der Waals surface area (Å²) in [6.07, 6.45) is 0.894. The average Bonchev–Trinajstić information content (AvgIpc) is 2.93. The van der Waals surface area contributed by atoms with Crippen molar-refractivity contribution in [2.45, 2.75) is 24.2 Å². The highest BCUT2D eigenvalue weighted by Crippen LogP contribution is 2.40. The van der Waals surface area contributed by atoms with Crippen LogP contribution in [0.5, 0.6) is 0 Å². The van der Waals surface area contributed by atoms with Crippen LogP contribution in [0.1, 0.15) is 24.0 Å². The molecule has 0 aliphatic carbocycles. The standard InChI is InChI=1S/C17H16BrNOS/c1-2-11-9-12(18)7-8-15(11)19-17(20)14-10-21-16-6-4-3-5-13(14)16/h3-9,14H,2,10H2,1H3,(H,19,20). The highest BCUT2D eigenvalue weighted by Gasteiger charge is 2.29. The monoisotopic (exact) mass is 361 g/mol. The van der Waals surface area contributed by atoms with Crippen LogP contribution in [0.4, 0.5) is 5.69 Å². The van der Waals surface area contributed by atoms with Crippen LogP contribution in [0, 0.1) is 0 Å². The minimum absolute atomic E-state index is 0.0560. The van der Waals surface area contributed by atoms with Gasteiger partial charge >= 0.3 is 0 Å². The van der Waals surface area contributed by atoms with E-state index in [1.807, 2.05) is 24.3 Å². The molecule has 0 bridgehead atoms. The minimum Gasteiger partial charge on any atom is -0.325 e. The van der Waals surface area contributed by atoms with Crippen LogP contribution < -0.4 is 5.32 Å². The minimum atomic E-state index is -0.0560. The smallest absolute Gasteiger partial charge is 0.232 e. The number of aryl methyl sites for hydroxylation is 1. The van der Waals surface area contributed by atoms with Gasteiger partial charge in [-0.1, -0.05) is 41.1 Å². The molecule has 0 fully saturated rings. The Bertz CT molecular complexity index is 686. The fourth-order valence-corrected chi connectivity index (χ4v) is 4.21.